The molecule has 0 spiro atoms. The van der Waals surface area contributed by atoms with Crippen LogP contribution in [-0.2, 0) is 32.5 Å². The fourth-order valence-electron chi connectivity index (χ4n) is 3.37. The van der Waals surface area contributed by atoms with E-state index in [0.29, 0.717) is 28.6 Å². The molecule has 0 bridgehead atoms. The molecule has 0 aliphatic carbocycles. The van der Waals surface area contributed by atoms with Gasteiger partial charge in [-0.3, -0.25) is 9.10 Å². The number of rotatable bonds is 6. The van der Waals surface area contributed by atoms with Crippen molar-refractivity contribution < 1.29 is 22.7 Å². The standard InChI is InChI=1S/C20H24ClN3O5S2/c1-12-5-6-13(9-15(12)21)24(31(4,27)28)11-17(25)22-19-18(20(26)29-3)14-7-8-23(2)10-16(14)30-19/h5-6,9H,7-8,10-11H2,1-4H3,(H,22,25). The van der Waals surface area contributed by atoms with Gasteiger partial charge in [0.05, 0.1) is 24.6 Å². The zero-order valence-electron chi connectivity index (χ0n) is 17.7. The fraction of sp³-hybridized carbons (Fsp3) is 0.400. The SMILES string of the molecule is COC(=O)c1c(NC(=O)CN(c2ccc(C)c(Cl)c2)S(C)(=O)=O)sc2c1CCN(C)C2. The number of amides is 1. The number of fused-ring (bicyclic) bond motifs is 1. The van der Waals surface area contributed by atoms with Gasteiger partial charge in [0.25, 0.3) is 0 Å². The summed E-state index contributed by atoms with van der Waals surface area (Å²) < 4.78 is 30.6. The number of ether oxygens (including phenoxy) is 1. The number of hydrogen-bond donors (Lipinski definition) is 1. The Bertz CT molecular complexity index is 1130. The van der Waals surface area contributed by atoms with E-state index in [1.165, 1.54) is 24.5 Å². The number of methoxy groups -OCH3 is 1. The van der Waals surface area contributed by atoms with Crippen molar-refractivity contribution in [2.24, 2.45) is 0 Å². The monoisotopic (exact) mass is 485 g/mol. The Morgan fingerprint density at radius 3 is 2.68 bits per heavy atom. The summed E-state index contributed by atoms with van der Waals surface area (Å²) >= 11 is 7.45. The van der Waals surface area contributed by atoms with Gasteiger partial charge in [-0.15, -0.1) is 11.3 Å². The number of esters is 1. The summed E-state index contributed by atoms with van der Waals surface area (Å²) in [5.41, 5.74) is 2.29. The third kappa shape index (κ3) is 5.20. The van der Waals surface area contributed by atoms with Gasteiger partial charge in [-0.2, -0.15) is 0 Å². The number of nitrogens with zero attached hydrogens (tertiary/aromatic N) is 2. The summed E-state index contributed by atoms with van der Waals surface area (Å²) in [4.78, 5) is 28.3. The minimum absolute atomic E-state index is 0.286. The van der Waals surface area contributed by atoms with Crippen LogP contribution in [0.15, 0.2) is 18.2 Å². The van der Waals surface area contributed by atoms with Crippen LogP contribution in [0, 0.1) is 6.92 Å². The minimum Gasteiger partial charge on any atom is -0.465 e. The molecule has 1 amide bonds. The summed E-state index contributed by atoms with van der Waals surface area (Å²) in [5, 5.41) is 3.48. The maximum Gasteiger partial charge on any atom is 0.341 e. The number of benzene rings is 1. The summed E-state index contributed by atoms with van der Waals surface area (Å²) in [5.74, 6) is -1.10. The van der Waals surface area contributed by atoms with Crippen molar-refractivity contribution in [2.75, 3.05) is 43.1 Å². The van der Waals surface area contributed by atoms with E-state index >= 15 is 0 Å². The van der Waals surface area contributed by atoms with Crippen LogP contribution in [0.1, 0.15) is 26.4 Å². The van der Waals surface area contributed by atoms with E-state index in [4.69, 9.17) is 16.3 Å². The van der Waals surface area contributed by atoms with Gasteiger partial charge < -0.3 is 15.0 Å². The third-order valence-corrected chi connectivity index (χ3v) is 7.70. The lowest BCUT2D eigenvalue weighted by molar-refractivity contribution is -0.114. The third-order valence-electron chi connectivity index (χ3n) is 5.02. The van der Waals surface area contributed by atoms with E-state index < -0.39 is 28.4 Å². The van der Waals surface area contributed by atoms with Crippen molar-refractivity contribution in [1.29, 1.82) is 0 Å². The average molecular weight is 486 g/mol. The first-order valence-corrected chi connectivity index (χ1v) is 12.5. The Labute approximate surface area is 190 Å². The van der Waals surface area contributed by atoms with Crippen LogP contribution in [-0.4, -0.2) is 58.7 Å². The highest BCUT2D eigenvalue weighted by Crippen LogP contribution is 2.37. The number of carbonyl (C=O) groups excluding carboxylic acids is 2. The Balaban J connectivity index is 1.89. The molecule has 0 radical (unpaired) electrons. The quantitative estimate of drug-likeness (QED) is 0.632. The number of thiophene rings is 1. The molecule has 2 aromatic rings. The highest BCUT2D eigenvalue weighted by atomic mass is 35.5. The van der Waals surface area contributed by atoms with Crippen molar-refractivity contribution in [3.63, 3.8) is 0 Å². The second-order valence-corrected chi connectivity index (χ2v) is 10.9. The first-order valence-electron chi connectivity index (χ1n) is 9.46. The zero-order chi connectivity index (χ0) is 22.9. The lowest BCUT2D eigenvalue weighted by Gasteiger charge is -2.22. The molecular weight excluding hydrogens is 462 g/mol. The van der Waals surface area contributed by atoms with Crippen molar-refractivity contribution in [2.45, 2.75) is 19.9 Å². The maximum absolute atomic E-state index is 12.8. The number of nitrogens with one attached hydrogen (secondary N) is 1. The molecule has 1 aliphatic heterocycles. The van der Waals surface area contributed by atoms with Crippen molar-refractivity contribution in [1.82, 2.24) is 4.90 Å². The molecule has 0 saturated heterocycles. The molecule has 1 aliphatic rings. The Kier molecular flexibility index (Phi) is 6.95. The van der Waals surface area contributed by atoms with E-state index in [0.717, 1.165) is 33.1 Å². The molecule has 31 heavy (non-hydrogen) atoms. The molecule has 0 unspecified atom stereocenters. The van der Waals surface area contributed by atoms with E-state index in [9.17, 15) is 18.0 Å². The van der Waals surface area contributed by atoms with Gasteiger partial charge in [0.2, 0.25) is 15.9 Å². The van der Waals surface area contributed by atoms with Gasteiger partial charge >= 0.3 is 5.97 Å². The van der Waals surface area contributed by atoms with Crippen LogP contribution >= 0.6 is 22.9 Å². The summed E-state index contributed by atoms with van der Waals surface area (Å²) in [6.07, 6.45) is 1.69. The van der Waals surface area contributed by atoms with Crippen molar-refractivity contribution in [3.8, 4) is 0 Å². The summed E-state index contributed by atoms with van der Waals surface area (Å²) in [6, 6.07) is 4.78. The molecular formula is C20H24ClN3O5S2. The van der Waals surface area contributed by atoms with Gasteiger partial charge in [-0.1, -0.05) is 17.7 Å². The van der Waals surface area contributed by atoms with E-state index in [1.807, 2.05) is 7.05 Å². The molecule has 0 fully saturated rings. The first-order chi connectivity index (χ1) is 14.5. The number of carbonyl (C=O) groups is 2. The van der Waals surface area contributed by atoms with Gasteiger partial charge in [0, 0.05) is 23.0 Å². The second kappa shape index (κ2) is 9.15. The lowest BCUT2D eigenvalue weighted by atomic mass is 10.0. The highest BCUT2D eigenvalue weighted by Gasteiger charge is 2.29. The van der Waals surface area contributed by atoms with E-state index in [1.54, 1.807) is 19.1 Å². The molecule has 1 N–H and O–H groups in total. The molecule has 3 rings (SSSR count). The fourth-order valence-corrected chi connectivity index (χ4v) is 5.73. The largest absolute Gasteiger partial charge is 0.465 e. The number of anilines is 2. The molecule has 11 heteroatoms. The zero-order valence-corrected chi connectivity index (χ0v) is 20.1. The molecule has 2 heterocycles. The minimum atomic E-state index is -3.76. The van der Waals surface area contributed by atoms with Gasteiger partial charge in [-0.25, -0.2) is 13.2 Å². The average Bonchev–Trinajstić information content (AvgIpc) is 3.03. The second-order valence-electron chi connectivity index (χ2n) is 7.44. The molecule has 0 saturated carbocycles. The number of likely N-dealkylation sites (N-methyl/N-ethyl adjacent to an activating group) is 1. The van der Waals surface area contributed by atoms with Crippen LogP contribution in [0.2, 0.25) is 5.02 Å². The van der Waals surface area contributed by atoms with E-state index in [2.05, 4.69) is 10.2 Å². The molecule has 1 aromatic carbocycles. The molecule has 168 valence electrons. The van der Waals surface area contributed by atoms with E-state index in [-0.39, 0.29) is 5.69 Å². The Hall–Kier alpha value is -2.14. The lowest BCUT2D eigenvalue weighted by Crippen LogP contribution is -2.37. The van der Waals surface area contributed by atoms with Crippen LogP contribution in [0.5, 0.6) is 0 Å². The summed E-state index contributed by atoms with van der Waals surface area (Å²) in [7, 11) is -0.484. The molecule has 0 atom stereocenters. The Morgan fingerprint density at radius 1 is 1.35 bits per heavy atom. The first kappa shape index (κ1) is 23.5. The normalized spacial score (nSPS) is 14.1. The topological polar surface area (TPSA) is 96.0 Å². The molecule has 1 aromatic heterocycles. The van der Waals surface area contributed by atoms with Crippen LogP contribution in [0.4, 0.5) is 10.7 Å². The Morgan fingerprint density at radius 2 is 2.06 bits per heavy atom. The van der Waals surface area contributed by atoms with Crippen molar-refractivity contribution in [3.05, 3.63) is 44.8 Å². The smallest absolute Gasteiger partial charge is 0.341 e. The highest BCUT2D eigenvalue weighted by molar-refractivity contribution is 7.92. The van der Waals surface area contributed by atoms with Crippen molar-refractivity contribution >= 4 is 55.5 Å². The predicted octanol–water partition coefficient (Wildman–Crippen LogP) is 2.89. The van der Waals surface area contributed by atoms with Gasteiger partial charge in [-0.05, 0) is 43.7 Å². The number of hydrogen-bond acceptors (Lipinski definition) is 7. The van der Waals surface area contributed by atoms with Crippen LogP contribution < -0.4 is 9.62 Å². The van der Waals surface area contributed by atoms with Crippen LogP contribution in [0.3, 0.4) is 0 Å². The summed E-state index contributed by atoms with van der Waals surface area (Å²) in [6.45, 7) is 2.80. The van der Waals surface area contributed by atoms with Gasteiger partial charge in [0.15, 0.2) is 0 Å². The molecule has 8 nitrogen and oxygen atoms in total. The predicted molar refractivity (Wildman–Crippen MR) is 123 cm³/mol. The number of halogens is 1. The van der Waals surface area contributed by atoms with Gasteiger partial charge in [0.1, 0.15) is 11.5 Å². The van der Waals surface area contributed by atoms with Crippen LogP contribution in [0.25, 0.3) is 0 Å². The number of aryl methyl sites for hydroxylation is 1. The maximum atomic E-state index is 12.8. The number of sulfonamides is 1.